The fourth-order valence-corrected chi connectivity index (χ4v) is 4.77. The molecule has 3 fully saturated rings. The lowest BCUT2D eigenvalue weighted by molar-refractivity contribution is 0.0526. The van der Waals surface area contributed by atoms with E-state index in [1.807, 2.05) is 0 Å². The molecule has 3 heterocycles. The lowest BCUT2D eigenvalue weighted by atomic mass is 9.84. The number of rotatable bonds is 5. The van der Waals surface area contributed by atoms with Crippen LogP contribution in [0.5, 0.6) is 0 Å². The van der Waals surface area contributed by atoms with Crippen molar-refractivity contribution in [3.05, 3.63) is 0 Å². The topological polar surface area (TPSA) is 48.1 Å². The van der Waals surface area contributed by atoms with Gasteiger partial charge in [-0.3, -0.25) is 4.90 Å². The molecule has 0 aromatic heterocycles. The van der Waals surface area contributed by atoms with Gasteiger partial charge in [0, 0.05) is 45.4 Å². The highest BCUT2D eigenvalue weighted by atomic mass is 16.5. The number of nitrogens with zero attached hydrogens (tertiary/aromatic N) is 3. The third kappa shape index (κ3) is 4.21. The van der Waals surface area contributed by atoms with Crippen molar-refractivity contribution in [2.75, 3.05) is 60.0 Å². The van der Waals surface area contributed by atoms with E-state index in [4.69, 9.17) is 4.74 Å². The number of amides is 2. The second-order valence-corrected chi connectivity index (χ2v) is 7.72. The molecule has 24 heavy (non-hydrogen) atoms. The van der Waals surface area contributed by atoms with E-state index < -0.39 is 0 Å². The molecule has 0 aromatic rings. The Morgan fingerprint density at radius 1 is 1.17 bits per heavy atom. The molecule has 3 saturated heterocycles. The Balaban J connectivity index is 1.49. The number of hydrogen-bond acceptors (Lipinski definition) is 4. The molecule has 1 N–H and O–H groups in total. The minimum Gasteiger partial charge on any atom is -0.383 e. The van der Waals surface area contributed by atoms with Crippen LogP contribution in [0.1, 0.15) is 32.1 Å². The molecule has 3 atom stereocenters. The van der Waals surface area contributed by atoms with Crippen LogP contribution in [0, 0.1) is 5.92 Å². The van der Waals surface area contributed by atoms with Crippen molar-refractivity contribution >= 4 is 6.03 Å². The Hall–Kier alpha value is -0.850. The van der Waals surface area contributed by atoms with Crippen molar-refractivity contribution in [1.82, 2.24) is 20.0 Å². The standard InChI is InChI=1S/C18H34N4O2/c1-20-10-7-17-15(14-20)5-3-9-22(17)18(23)19-13-16-6-4-8-21(16)11-12-24-2/h15-17H,3-14H2,1-2H3,(H,19,23)/t15-,16-,17+/m1/s1. The first-order valence-corrected chi connectivity index (χ1v) is 9.65. The molecule has 2 amide bonds. The van der Waals surface area contributed by atoms with Gasteiger partial charge in [-0.15, -0.1) is 0 Å². The predicted molar refractivity (Wildman–Crippen MR) is 95.2 cm³/mol. The molecule has 138 valence electrons. The van der Waals surface area contributed by atoms with Crippen molar-refractivity contribution in [2.24, 2.45) is 5.92 Å². The maximum absolute atomic E-state index is 12.8. The first-order valence-electron chi connectivity index (χ1n) is 9.65. The normalized spacial score (nSPS) is 31.9. The van der Waals surface area contributed by atoms with Gasteiger partial charge in [0.1, 0.15) is 0 Å². The number of fused-ring (bicyclic) bond motifs is 1. The van der Waals surface area contributed by atoms with E-state index in [0.717, 1.165) is 58.7 Å². The van der Waals surface area contributed by atoms with Gasteiger partial charge in [0.05, 0.1) is 6.61 Å². The molecule has 0 unspecified atom stereocenters. The SMILES string of the molecule is COCCN1CCC[C@@H]1CNC(=O)N1CCC[C@@H]2CN(C)CC[C@@H]21. The molecule has 6 heteroatoms. The van der Waals surface area contributed by atoms with Crippen molar-refractivity contribution in [2.45, 2.75) is 44.2 Å². The van der Waals surface area contributed by atoms with Gasteiger partial charge < -0.3 is 19.9 Å². The van der Waals surface area contributed by atoms with E-state index in [2.05, 4.69) is 27.1 Å². The van der Waals surface area contributed by atoms with E-state index in [9.17, 15) is 4.79 Å². The van der Waals surface area contributed by atoms with E-state index in [1.165, 1.54) is 19.3 Å². The van der Waals surface area contributed by atoms with E-state index in [-0.39, 0.29) is 6.03 Å². The number of nitrogens with one attached hydrogen (secondary N) is 1. The Labute approximate surface area is 146 Å². The number of piperidine rings is 2. The number of urea groups is 1. The summed E-state index contributed by atoms with van der Waals surface area (Å²) in [5.74, 6) is 0.660. The first-order chi connectivity index (χ1) is 11.7. The first kappa shape index (κ1) is 18.0. The number of ether oxygens (including phenoxy) is 1. The second kappa shape index (κ2) is 8.50. The van der Waals surface area contributed by atoms with Gasteiger partial charge in [-0.2, -0.15) is 0 Å². The van der Waals surface area contributed by atoms with Crippen molar-refractivity contribution in [1.29, 1.82) is 0 Å². The number of carbonyl (C=O) groups is 1. The summed E-state index contributed by atoms with van der Waals surface area (Å²) >= 11 is 0. The monoisotopic (exact) mass is 338 g/mol. The lowest BCUT2D eigenvalue weighted by Crippen LogP contribution is -2.58. The van der Waals surface area contributed by atoms with Gasteiger partial charge in [0.2, 0.25) is 0 Å². The maximum Gasteiger partial charge on any atom is 0.317 e. The smallest absolute Gasteiger partial charge is 0.317 e. The van der Waals surface area contributed by atoms with Gasteiger partial charge >= 0.3 is 6.03 Å². The van der Waals surface area contributed by atoms with Crippen LogP contribution in [0.25, 0.3) is 0 Å². The Morgan fingerprint density at radius 2 is 2.00 bits per heavy atom. The summed E-state index contributed by atoms with van der Waals surface area (Å²) in [5.41, 5.74) is 0. The minimum atomic E-state index is 0.160. The van der Waals surface area contributed by atoms with Crippen LogP contribution >= 0.6 is 0 Å². The zero-order valence-corrected chi connectivity index (χ0v) is 15.4. The number of likely N-dealkylation sites (tertiary alicyclic amines) is 3. The summed E-state index contributed by atoms with van der Waals surface area (Å²) < 4.78 is 5.20. The second-order valence-electron chi connectivity index (χ2n) is 7.72. The van der Waals surface area contributed by atoms with Gasteiger partial charge in [-0.1, -0.05) is 0 Å². The summed E-state index contributed by atoms with van der Waals surface area (Å²) in [4.78, 5) is 19.8. The highest BCUT2D eigenvalue weighted by Gasteiger charge is 2.37. The third-order valence-corrected chi connectivity index (χ3v) is 6.10. The summed E-state index contributed by atoms with van der Waals surface area (Å²) in [6, 6.07) is 1.08. The quantitative estimate of drug-likeness (QED) is 0.819. The molecule has 3 aliphatic rings. The molecule has 3 rings (SSSR count). The molecular formula is C18H34N4O2. The van der Waals surface area contributed by atoms with Crippen molar-refractivity contribution in [3.8, 4) is 0 Å². The zero-order valence-electron chi connectivity index (χ0n) is 15.4. The average Bonchev–Trinajstić information content (AvgIpc) is 3.04. The molecule has 0 saturated carbocycles. The molecular weight excluding hydrogens is 304 g/mol. The van der Waals surface area contributed by atoms with Crippen LogP contribution in [-0.4, -0.2) is 92.8 Å². The van der Waals surface area contributed by atoms with Gasteiger partial charge in [-0.05, 0) is 58.2 Å². The van der Waals surface area contributed by atoms with Crippen LogP contribution in [0.15, 0.2) is 0 Å². The summed E-state index contributed by atoms with van der Waals surface area (Å²) in [7, 11) is 3.95. The van der Waals surface area contributed by atoms with E-state index in [1.54, 1.807) is 7.11 Å². The molecule has 0 radical (unpaired) electrons. The zero-order chi connectivity index (χ0) is 16.9. The molecule has 0 spiro atoms. The van der Waals surface area contributed by atoms with Crippen LogP contribution in [0.4, 0.5) is 4.79 Å². The Bertz CT molecular complexity index is 420. The third-order valence-electron chi connectivity index (χ3n) is 6.10. The predicted octanol–water partition coefficient (Wildman–Crippen LogP) is 1.22. The Kier molecular flexibility index (Phi) is 6.36. The summed E-state index contributed by atoms with van der Waals surface area (Å²) in [6.07, 6.45) is 5.95. The lowest BCUT2D eigenvalue weighted by Gasteiger charge is -2.46. The van der Waals surface area contributed by atoms with Gasteiger partial charge in [0.25, 0.3) is 0 Å². The van der Waals surface area contributed by atoms with Crippen LogP contribution < -0.4 is 5.32 Å². The molecule has 0 aromatic carbocycles. The van der Waals surface area contributed by atoms with Crippen LogP contribution in [0.3, 0.4) is 0 Å². The highest BCUT2D eigenvalue weighted by Crippen LogP contribution is 2.30. The van der Waals surface area contributed by atoms with E-state index >= 15 is 0 Å². The maximum atomic E-state index is 12.8. The number of hydrogen-bond donors (Lipinski definition) is 1. The summed E-state index contributed by atoms with van der Waals surface area (Å²) in [5, 5.41) is 3.24. The Morgan fingerprint density at radius 3 is 2.83 bits per heavy atom. The van der Waals surface area contributed by atoms with Crippen LogP contribution in [-0.2, 0) is 4.74 Å². The molecule has 6 nitrogen and oxygen atoms in total. The van der Waals surface area contributed by atoms with Crippen molar-refractivity contribution < 1.29 is 9.53 Å². The summed E-state index contributed by atoms with van der Waals surface area (Å²) in [6.45, 7) is 6.82. The van der Waals surface area contributed by atoms with Gasteiger partial charge in [-0.25, -0.2) is 4.79 Å². The largest absolute Gasteiger partial charge is 0.383 e. The van der Waals surface area contributed by atoms with Crippen molar-refractivity contribution in [3.63, 3.8) is 0 Å². The average molecular weight is 338 g/mol. The number of carbonyl (C=O) groups excluding carboxylic acids is 1. The van der Waals surface area contributed by atoms with Crippen LogP contribution in [0.2, 0.25) is 0 Å². The minimum absolute atomic E-state index is 0.160. The molecule has 3 aliphatic heterocycles. The van der Waals surface area contributed by atoms with Gasteiger partial charge in [0.15, 0.2) is 0 Å². The molecule has 0 aliphatic carbocycles. The fraction of sp³-hybridized carbons (Fsp3) is 0.944. The fourth-order valence-electron chi connectivity index (χ4n) is 4.77. The molecule has 0 bridgehead atoms. The number of methoxy groups -OCH3 is 1. The highest BCUT2D eigenvalue weighted by molar-refractivity contribution is 5.74. The van der Waals surface area contributed by atoms with E-state index in [0.29, 0.717) is 18.0 Å².